The minimum absolute atomic E-state index is 0.361. The van der Waals surface area contributed by atoms with Crippen LogP contribution in [0.4, 0.5) is 5.69 Å². The van der Waals surface area contributed by atoms with Crippen molar-refractivity contribution in [2.45, 2.75) is 40.7 Å². The number of aryl methyl sites for hydroxylation is 1. The summed E-state index contributed by atoms with van der Waals surface area (Å²) in [7, 11) is 0. The van der Waals surface area contributed by atoms with Crippen molar-refractivity contribution >= 4 is 23.9 Å². The van der Waals surface area contributed by atoms with Crippen LogP contribution in [0.15, 0.2) is 24.4 Å². The molecule has 0 saturated carbocycles. The summed E-state index contributed by atoms with van der Waals surface area (Å²) in [4.78, 5) is 16.7. The summed E-state index contributed by atoms with van der Waals surface area (Å²) < 4.78 is 14.1. The van der Waals surface area contributed by atoms with Gasteiger partial charge in [0.1, 0.15) is 19.5 Å². The monoisotopic (exact) mass is 460 g/mol. The fourth-order valence-electron chi connectivity index (χ4n) is 5.24. The van der Waals surface area contributed by atoms with Crippen LogP contribution in [0.5, 0.6) is 11.5 Å². The second kappa shape index (κ2) is 8.41. The van der Waals surface area contributed by atoms with Gasteiger partial charge in [0.25, 0.3) is 0 Å². The number of anilines is 1. The highest BCUT2D eigenvalue weighted by molar-refractivity contribution is 7.99. The molecule has 170 valence electrons. The van der Waals surface area contributed by atoms with Crippen LogP contribution in [0.25, 0.3) is 22.4 Å². The number of pyridine rings is 1. The molecule has 2 aliphatic rings. The number of fused-ring (bicyclic) bond motifs is 4. The van der Waals surface area contributed by atoms with E-state index in [1.54, 1.807) is 11.9 Å². The second-order valence-corrected chi connectivity index (χ2v) is 9.51. The van der Waals surface area contributed by atoms with E-state index in [2.05, 4.69) is 50.4 Å². The number of hydrogen-bond acceptors (Lipinski definition) is 6. The van der Waals surface area contributed by atoms with E-state index in [1.165, 1.54) is 11.3 Å². The molecule has 0 aliphatic carbocycles. The topological polar surface area (TPSA) is 51.7 Å². The van der Waals surface area contributed by atoms with Gasteiger partial charge < -0.3 is 18.6 Å². The van der Waals surface area contributed by atoms with Gasteiger partial charge in [0.05, 0.1) is 17.9 Å². The average molecular weight is 461 g/mol. The first-order valence-corrected chi connectivity index (χ1v) is 12.4. The van der Waals surface area contributed by atoms with Crippen LogP contribution in [-0.4, -0.2) is 30.7 Å². The first-order chi connectivity index (χ1) is 16.0. The van der Waals surface area contributed by atoms with Crippen LogP contribution in [-0.2, 0) is 17.8 Å². The molecule has 5 rings (SSSR count). The van der Waals surface area contributed by atoms with Gasteiger partial charge in [-0.1, -0.05) is 24.1 Å². The standard InChI is InChI=1S/C27H28N2O3S/c1-15-12-19-14-29(33-5)26-16(2)21(8-9-30)23(18(4)24(26)25(19)28-13-15)20-6-7-22-27(17(20)3)32-11-10-31-22/h6-7,9,12-13H,8,10-11,14H2,1-5H3. The summed E-state index contributed by atoms with van der Waals surface area (Å²) >= 11 is 1.71. The molecule has 0 radical (unpaired) electrons. The molecule has 0 N–H and O–H groups in total. The SMILES string of the molecule is CSN1Cc2cc(C)cnc2-c2c(C)c(-c3ccc4c(c3C)OCCO4)c(CC=O)c(C)c21. The molecule has 0 atom stereocenters. The van der Waals surface area contributed by atoms with E-state index in [0.29, 0.717) is 19.6 Å². The predicted octanol–water partition coefficient (Wildman–Crippen LogP) is 5.76. The van der Waals surface area contributed by atoms with Crippen molar-refractivity contribution in [2.24, 2.45) is 0 Å². The molecule has 0 spiro atoms. The molecule has 0 amide bonds. The highest BCUT2D eigenvalue weighted by Gasteiger charge is 2.31. The quantitative estimate of drug-likeness (QED) is 0.364. The number of hydrogen-bond donors (Lipinski definition) is 0. The lowest BCUT2D eigenvalue weighted by Gasteiger charge is -2.35. The van der Waals surface area contributed by atoms with Crippen molar-refractivity contribution in [1.29, 1.82) is 0 Å². The summed E-state index contributed by atoms with van der Waals surface area (Å²) in [5.41, 5.74) is 12.3. The Morgan fingerprint density at radius 2 is 1.85 bits per heavy atom. The van der Waals surface area contributed by atoms with E-state index in [9.17, 15) is 4.79 Å². The Morgan fingerprint density at radius 3 is 2.61 bits per heavy atom. The molecule has 0 fully saturated rings. The molecular formula is C27H28N2O3S. The molecule has 3 aromatic rings. The maximum atomic E-state index is 11.8. The Hall–Kier alpha value is -2.99. The van der Waals surface area contributed by atoms with Gasteiger partial charge in [-0.15, -0.1) is 0 Å². The van der Waals surface area contributed by atoms with Crippen LogP contribution < -0.4 is 13.8 Å². The molecule has 3 heterocycles. The largest absolute Gasteiger partial charge is 0.486 e. The average Bonchev–Trinajstić information content (AvgIpc) is 2.82. The Labute approximate surface area is 199 Å². The molecule has 1 aromatic heterocycles. The van der Waals surface area contributed by atoms with Crippen molar-refractivity contribution in [1.82, 2.24) is 4.98 Å². The Balaban J connectivity index is 1.86. The van der Waals surface area contributed by atoms with Crippen LogP contribution in [0.3, 0.4) is 0 Å². The van der Waals surface area contributed by atoms with E-state index in [4.69, 9.17) is 14.5 Å². The van der Waals surface area contributed by atoms with Gasteiger partial charge in [-0.25, -0.2) is 0 Å². The summed E-state index contributed by atoms with van der Waals surface area (Å²) in [6, 6.07) is 6.32. The molecule has 5 nitrogen and oxygen atoms in total. The first kappa shape index (κ1) is 21.8. The summed E-state index contributed by atoms with van der Waals surface area (Å²) in [5, 5.41) is 0. The van der Waals surface area contributed by atoms with Crippen molar-refractivity contribution in [3.63, 3.8) is 0 Å². The zero-order valence-electron chi connectivity index (χ0n) is 19.7. The van der Waals surface area contributed by atoms with Crippen molar-refractivity contribution in [3.05, 3.63) is 57.8 Å². The minimum Gasteiger partial charge on any atom is -0.486 e. The molecule has 2 aliphatic heterocycles. The zero-order valence-corrected chi connectivity index (χ0v) is 20.6. The third-order valence-electron chi connectivity index (χ3n) is 6.73. The van der Waals surface area contributed by atoms with E-state index in [-0.39, 0.29) is 0 Å². The molecule has 6 heteroatoms. The Kier molecular flexibility index (Phi) is 5.57. The normalized spacial score (nSPS) is 14.0. The zero-order chi connectivity index (χ0) is 23.3. The van der Waals surface area contributed by atoms with Crippen molar-refractivity contribution < 1.29 is 14.3 Å². The molecule has 0 bridgehead atoms. The molecular weight excluding hydrogens is 432 g/mol. The van der Waals surface area contributed by atoms with Gasteiger partial charge in [-0.3, -0.25) is 4.98 Å². The molecule has 2 aromatic carbocycles. The highest BCUT2D eigenvalue weighted by atomic mass is 32.2. The number of nitrogens with zero attached hydrogens (tertiary/aromatic N) is 2. The number of aldehydes is 1. The van der Waals surface area contributed by atoms with Crippen molar-refractivity contribution in [3.8, 4) is 33.9 Å². The third kappa shape index (κ3) is 3.39. The van der Waals surface area contributed by atoms with Crippen LogP contribution >= 0.6 is 11.9 Å². The third-order valence-corrected chi connectivity index (χ3v) is 7.49. The van der Waals surface area contributed by atoms with Gasteiger partial charge in [-0.2, -0.15) is 0 Å². The van der Waals surface area contributed by atoms with Gasteiger partial charge >= 0.3 is 0 Å². The van der Waals surface area contributed by atoms with Gasteiger partial charge in [0.15, 0.2) is 11.5 Å². The Morgan fingerprint density at radius 1 is 1.06 bits per heavy atom. The number of benzene rings is 2. The van der Waals surface area contributed by atoms with E-state index < -0.39 is 0 Å². The Bertz CT molecular complexity index is 1290. The maximum absolute atomic E-state index is 11.8. The summed E-state index contributed by atoms with van der Waals surface area (Å²) in [6.07, 6.45) is 5.41. The van der Waals surface area contributed by atoms with Crippen molar-refractivity contribution in [2.75, 3.05) is 23.8 Å². The van der Waals surface area contributed by atoms with Gasteiger partial charge in [0, 0.05) is 30.0 Å². The van der Waals surface area contributed by atoms with Gasteiger partial charge in [-0.05, 0) is 72.7 Å². The minimum atomic E-state index is 0.361. The smallest absolute Gasteiger partial charge is 0.164 e. The number of ether oxygens (including phenoxy) is 2. The van der Waals surface area contributed by atoms with E-state index in [0.717, 1.165) is 74.5 Å². The maximum Gasteiger partial charge on any atom is 0.164 e. The summed E-state index contributed by atoms with van der Waals surface area (Å²) in [5.74, 6) is 1.58. The van der Waals surface area contributed by atoms with Crippen LogP contribution in [0, 0.1) is 27.7 Å². The second-order valence-electron chi connectivity index (χ2n) is 8.70. The fourth-order valence-corrected chi connectivity index (χ4v) is 5.92. The number of carbonyl (C=O) groups is 1. The lowest BCUT2D eigenvalue weighted by molar-refractivity contribution is -0.107. The number of carbonyl (C=O) groups excluding carboxylic acids is 1. The van der Waals surface area contributed by atoms with Gasteiger partial charge in [0.2, 0.25) is 0 Å². The number of aromatic nitrogens is 1. The lowest BCUT2D eigenvalue weighted by Crippen LogP contribution is -2.23. The predicted molar refractivity (Wildman–Crippen MR) is 135 cm³/mol. The van der Waals surface area contributed by atoms with Crippen LogP contribution in [0.2, 0.25) is 0 Å². The lowest BCUT2D eigenvalue weighted by atomic mass is 9.81. The molecule has 33 heavy (non-hydrogen) atoms. The highest BCUT2D eigenvalue weighted by Crippen LogP contribution is 2.51. The fraction of sp³-hybridized carbons (Fsp3) is 0.333. The van der Waals surface area contributed by atoms with E-state index >= 15 is 0 Å². The summed E-state index contributed by atoms with van der Waals surface area (Å²) in [6.45, 7) is 10.4. The van der Waals surface area contributed by atoms with E-state index in [1.807, 2.05) is 12.3 Å². The van der Waals surface area contributed by atoms with Crippen LogP contribution in [0.1, 0.15) is 33.4 Å². The first-order valence-electron chi connectivity index (χ1n) is 11.2. The molecule has 0 unspecified atom stereocenters. The molecule has 0 saturated heterocycles. The number of rotatable bonds is 4.